The zero-order chi connectivity index (χ0) is 21.2. The van der Waals surface area contributed by atoms with Gasteiger partial charge < -0.3 is 5.32 Å². The van der Waals surface area contributed by atoms with E-state index >= 15 is 0 Å². The van der Waals surface area contributed by atoms with E-state index in [9.17, 15) is 32.6 Å². The number of hydrogen-bond acceptors (Lipinski definition) is 4. The number of halogens is 8. The van der Waals surface area contributed by atoms with E-state index in [0.29, 0.717) is 13.0 Å². The number of hydrogen-bond donors (Lipinski definition) is 1. The highest BCUT2D eigenvalue weighted by molar-refractivity contribution is 8.45. The molecular weight excluding hydrogens is 422 g/mol. The van der Waals surface area contributed by atoms with E-state index in [-0.39, 0.29) is 35.1 Å². The number of rotatable bonds is 4. The maximum absolute atomic E-state index is 13.7. The highest BCUT2D eigenvalue weighted by Gasteiger charge is 2.67. The zero-order valence-corrected chi connectivity index (χ0v) is 14.8. The molecular formula is C14H11F8N5S. The zero-order valence-electron chi connectivity index (χ0n) is 14.0. The van der Waals surface area contributed by atoms with Crippen LogP contribution in [0, 0.1) is 12.7 Å². The number of nitrogens with one attached hydrogen (secondary N) is 1. The summed E-state index contributed by atoms with van der Waals surface area (Å²) in [5, 5.41) is 6.00. The van der Waals surface area contributed by atoms with Gasteiger partial charge in [0.1, 0.15) is 16.5 Å². The summed E-state index contributed by atoms with van der Waals surface area (Å²) in [5.41, 5.74) is -0.0761. The summed E-state index contributed by atoms with van der Waals surface area (Å²) < 4.78 is 105. The first-order valence-electron chi connectivity index (χ1n) is 7.37. The van der Waals surface area contributed by atoms with Gasteiger partial charge in [0.05, 0.1) is 0 Å². The minimum Gasteiger partial charge on any atom is -0.340 e. The van der Waals surface area contributed by atoms with Gasteiger partial charge in [-0.15, -0.1) is 5.10 Å². The van der Waals surface area contributed by atoms with Crippen molar-refractivity contribution in [1.29, 1.82) is 0 Å². The van der Waals surface area contributed by atoms with Crippen LogP contribution in [0.3, 0.4) is 0 Å². The molecule has 0 saturated heterocycles. The molecule has 0 atom stereocenters. The Morgan fingerprint density at radius 1 is 1.04 bits per heavy atom. The Hall–Kier alpha value is -2.64. The van der Waals surface area contributed by atoms with Crippen LogP contribution in [0.2, 0.25) is 0 Å². The van der Waals surface area contributed by atoms with Crippen molar-refractivity contribution in [3.05, 3.63) is 41.6 Å². The highest BCUT2D eigenvalue weighted by Crippen LogP contribution is 3.02. The third-order valence-electron chi connectivity index (χ3n) is 3.45. The minimum absolute atomic E-state index is 0.0926. The number of fused-ring (bicyclic) bond motifs is 1. The molecule has 0 unspecified atom stereocenters. The predicted octanol–water partition coefficient (Wildman–Crippen LogP) is 6.08. The van der Waals surface area contributed by atoms with Crippen LogP contribution in [-0.4, -0.2) is 19.6 Å². The van der Waals surface area contributed by atoms with Crippen molar-refractivity contribution < 1.29 is 32.6 Å². The van der Waals surface area contributed by atoms with Crippen LogP contribution < -0.4 is 5.32 Å². The van der Waals surface area contributed by atoms with Gasteiger partial charge in [-0.1, -0.05) is 19.4 Å². The van der Waals surface area contributed by atoms with Gasteiger partial charge in [-0.3, -0.25) is 0 Å². The summed E-state index contributed by atoms with van der Waals surface area (Å²) >= 11 is 0. The lowest BCUT2D eigenvalue weighted by Crippen LogP contribution is -2.10. The quantitative estimate of drug-likeness (QED) is 0.507. The molecule has 2 heterocycles. The van der Waals surface area contributed by atoms with Crippen LogP contribution in [-0.2, 0) is 5.92 Å². The van der Waals surface area contributed by atoms with Crippen molar-refractivity contribution in [3.8, 4) is 0 Å². The molecule has 0 amide bonds. The van der Waals surface area contributed by atoms with Crippen LogP contribution in [0.1, 0.15) is 18.4 Å². The topological polar surface area (TPSA) is 55.1 Å². The first kappa shape index (κ1) is 20.1. The van der Waals surface area contributed by atoms with Crippen LogP contribution in [0.25, 0.3) is 5.78 Å². The maximum Gasteiger partial charge on any atom is 0.313 e. The normalized spacial score (nSPS) is 15.4. The number of benzene rings is 1. The monoisotopic (exact) mass is 433 g/mol. The van der Waals surface area contributed by atoms with Gasteiger partial charge in [0.2, 0.25) is 5.82 Å². The van der Waals surface area contributed by atoms with E-state index in [1.165, 1.54) is 13.0 Å². The average Bonchev–Trinajstić information content (AvgIpc) is 2.88. The first-order valence-corrected chi connectivity index (χ1v) is 9.32. The molecule has 5 nitrogen and oxygen atoms in total. The van der Waals surface area contributed by atoms with Gasteiger partial charge in [0, 0.05) is 24.4 Å². The standard InChI is InChI=1S/C14H11F8N5S/c1-7-5-11(27-13(23-7)25-12(26-27)14(2,16)17)24-8-3-4-10(9(15)6-8)28(18,19,20,21)22/h3-6,24H,1-2H3. The predicted molar refractivity (Wildman–Crippen MR) is 86.2 cm³/mol. The lowest BCUT2D eigenvalue weighted by atomic mass is 10.3. The van der Waals surface area contributed by atoms with E-state index in [4.69, 9.17) is 0 Å². The van der Waals surface area contributed by atoms with E-state index in [1.54, 1.807) is 0 Å². The Morgan fingerprint density at radius 3 is 2.21 bits per heavy atom. The molecule has 28 heavy (non-hydrogen) atoms. The fourth-order valence-corrected chi connectivity index (χ4v) is 3.05. The molecule has 0 fully saturated rings. The maximum atomic E-state index is 13.7. The molecule has 1 N–H and O–H groups in total. The SMILES string of the molecule is Cc1cc(Nc2ccc(S(F)(F)(F)(F)F)c(F)c2)n2nc(C(C)(F)F)nc2n1. The molecule has 2 aromatic heterocycles. The van der Waals surface area contributed by atoms with Gasteiger partial charge in [-0.2, -0.15) is 18.3 Å². The molecule has 14 heteroatoms. The van der Waals surface area contributed by atoms with Gasteiger partial charge in [-0.05, 0) is 25.1 Å². The molecule has 0 aliphatic rings. The number of nitrogens with zero attached hydrogens (tertiary/aromatic N) is 4. The van der Waals surface area contributed by atoms with E-state index in [0.717, 1.165) is 4.52 Å². The third kappa shape index (κ3) is 3.95. The fraction of sp³-hybridized carbons (Fsp3) is 0.214. The summed E-state index contributed by atoms with van der Waals surface area (Å²) in [6, 6.07) is 1.96. The number of anilines is 2. The molecule has 1 aromatic carbocycles. The number of aromatic nitrogens is 4. The van der Waals surface area contributed by atoms with Crippen molar-refractivity contribution in [2.45, 2.75) is 24.7 Å². The van der Waals surface area contributed by atoms with Crippen LogP contribution in [0.5, 0.6) is 0 Å². The van der Waals surface area contributed by atoms with Gasteiger partial charge >= 0.3 is 16.1 Å². The van der Waals surface area contributed by atoms with E-state index < -0.39 is 32.7 Å². The Morgan fingerprint density at radius 2 is 1.68 bits per heavy atom. The summed E-state index contributed by atoms with van der Waals surface area (Å²) in [5.74, 6) is -6.79. The van der Waals surface area contributed by atoms with Crippen LogP contribution >= 0.6 is 10.2 Å². The van der Waals surface area contributed by atoms with Crippen LogP contribution in [0.4, 0.5) is 44.1 Å². The third-order valence-corrected chi connectivity index (χ3v) is 4.62. The molecule has 0 aliphatic heterocycles. The molecule has 154 valence electrons. The molecule has 0 saturated carbocycles. The van der Waals surface area contributed by atoms with Crippen molar-refractivity contribution in [2.24, 2.45) is 0 Å². The minimum atomic E-state index is -10.2. The molecule has 0 spiro atoms. The lowest BCUT2D eigenvalue weighted by molar-refractivity contribution is 0.00800. The second-order valence-electron chi connectivity index (χ2n) is 6.06. The van der Waals surface area contributed by atoms with Gasteiger partial charge in [0.15, 0.2) is 0 Å². The van der Waals surface area contributed by atoms with Gasteiger partial charge in [-0.25, -0.2) is 9.37 Å². The molecule has 0 aliphatic carbocycles. The first-order chi connectivity index (χ1) is 12.4. The van der Waals surface area contributed by atoms with Crippen molar-refractivity contribution in [3.63, 3.8) is 0 Å². The van der Waals surface area contributed by atoms with Crippen molar-refractivity contribution >= 4 is 27.5 Å². The van der Waals surface area contributed by atoms with E-state index in [1.807, 2.05) is 0 Å². The average molecular weight is 433 g/mol. The molecule has 0 bridgehead atoms. The number of alkyl halides is 2. The Balaban J connectivity index is 2.06. The fourth-order valence-electron chi connectivity index (χ4n) is 2.30. The van der Waals surface area contributed by atoms with Crippen molar-refractivity contribution in [1.82, 2.24) is 19.6 Å². The Kier molecular flexibility index (Phi) is 3.76. The number of aryl methyl sites for hydroxylation is 1. The summed E-state index contributed by atoms with van der Waals surface area (Å²) in [6.45, 7) is 2.03. The molecule has 3 rings (SSSR count). The van der Waals surface area contributed by atoms with Gasteiger partial charge in [0.25, 0.3) is 5.78 Å². The van der Waals surface area contributed by atoms with Crippen LogP contribution in [0.15, 0.2) is 29.2 Å². The molecule has 3 aromatic rings. The highest BCUT2D eigenvalue weighted by atomic mass is 32.5. The second-order valence-corrected chi connectivity index (χ2v) is 8.44. The second kappa shape index (κ2) is 5.24. The Labute approximate surface area is 152 Å². The van der Waals surface area contributed by atoms with E-state index in [2.05, 4.69) is 20.4 Å². The lowest BCUT2D eigenvalue weighted by Gasteiger charge is -2.40. The smallest absolute Gasteiger partial charge is 0.313 e. The van der Waals surface area contributed by atoms with Crippen molar-refractivity contribution in [2.75, 3.05) is 5.32 Å². The summed E-state index contributed by atoms with van der Waals surface area (Å²) in [4.78, 5) is 4.80. The summed E-state index contributed by atoms with van der Waals surface area (Å²) in [7, 11) is -10.2. The summed E-state index contributed by atoms with van der Waals surface area (Å²) in [6.07, 6.45) is 0. The Bertz CT molecular complexity index is 1090. The largest absolute Gasteiger partial charge is 0.340 e. The molecule has 0 radical (unpaired) electrons.